The van der Waals surface area contributed by atoms with Crippen molar-refractivity contribution in [2.75, 3.05) is 27.4 Å². The highest BCUT2D eigenvalue weighted by molar-refractivity contribution is 5.75. The van der Waals surface area contributed by atoms with E-state index in [4.69, 9.17) is 14.0 Å². The van der Waals surface area contributed by atoms with Crippen LogP contribution in [0.25, 0.3) is 11.4 Å². The predicted octanol–water partition coefficient (Wildman–Crippen LogP) is 1.83. The van der Waals surface area contributed by atoms with Crippen LogP contribution in [0.3, 0.4) is 0 Å². The van der Waals surface area contributed by atoms with Gasteiger partial charge in [0.15, 0.2) is 0 Å². The molecule has 0 atom stereocenters. The van der Waals surface area contributed by atoms with E-state index in [-0.39, 0.29) is 5.91 Å². The molecule has 2 rings (SSSR count). The van der Waals surface area contributed by atoms with E-state index >= 15 is 0 Å². The van der Waals surface area contributed by atoms with Crippen molar-refractivity contribution in [3.8, 4) is 17.1 Å². The van der Waals surface area contributed by atoms with Crippen LogP contribution in [0.1, 0.15) is 18.7 Å². The third kappa shape index (κ3) is 5.37. The summed E-state index contributed by atoms with van der Waals surface area (Å²) in [7, 11) is 3.24. The second-order valence-electron chi connectivity index (χ2n) is 4.94. The Bertz CT molecular complexity index is 627. The van der Waals surface area contributed by atoms with Crippen LogP contribution in [0.15, 0.2) is 28.8 Å². The lowest BCUT2D eigenvalue weighted by molar-refractivity contribution is -0.121. The fourth-order valence-electron chi connectivity index (χ4n) is 1.99. The Morgan fingerprint density at radius 3 is 3.00 bits per heavy atom. The molecule has 0 spiro atoms. The number of rotatable bonds is 9. The van der Waals surface area contributed by atoms with Crippen molar-refractivity contribution in [1.82, 2.24) is 15.5 Å². The molecule has 0 aliphatic rings. The van der Waals surface area contributed by atoms with Crippen LogP contribution in [-0.4, -0.2) is 43.4 Å². The number of aryl methyl sites for hydroxylation is 1. The van der Waals surface area contributed by atoms with Gasteiger partial charge in [0.05, 0.1) is 7.11 Å². The van der Waals surface area contributed by atoms with Gasteiger partial charge in [-0.15, -0.1) is 0 Å². The number of aromatic nitrogens is 2. The second kappa shape index (κ2) is 8.89. The van der Waals surface area contributed by atoms with Crippen molar-refractivity contribution >= 4 is 5.91 Å². The van der Waals surface area contributed by atoms with Gasteiger partial charge in [-0.3, -0.25) is 4.79 Å². The van der Waals surface area contributed by atoms with Crippen LogP contribution >= 0.6 is 0 Å². The van der Waals surface area contributed by atoms with Gasteiger partial charge in [0.2, 0.25) is 17.6 Å². The summed E-state index contributed by atoms with van der Waals surface area (Å²) in [4.78, 5) is 16.0. The molecule has 0 saturated carbocycles. The topological polar surface area (TPSA) is 86.5 Å². The minimum Gasteiger partial charge on any atom is -0.497 e. The lowest BCUT2D eigenvalue weighted by Crippen LogP contribution is -2.25. The molecular weight excluding hydrogens is 298 g/mol. The van der Waals surface area contributed by atoms with E-state index < -0.39 is 0 Å². The van der Waals surface area contributed by atoms with Crippen molar-refractivity contribution in [3.05, 3.63) is 30.2 Å². The summed E-state index contributed by atoms with van der Waals surface area (Å²) in [5.41, 5.74) is 0.809. The fourth-order valence-corrected chi connectivity index (χ4v) is 1.99. The lowest BCUT2D eigenvalue weighted by atomic mass is 10.2. The predicted molar refractivity (Wildman–Crippen MR) is 84.1 cm³/mol. The maximum absolute atomic E-state index is 11.7. The molecule has 1 heterocycles. The van der Waals surface area contributed by atoms with Crippen LogP contribution in [0, 0.1) is 0 Å². The molecule has 1 aromatic carbocycles. The number of carbonyl (C=O) groups excluding carboxylic acids is 1. The highest BCUT2D eigenvalue weighted by Gasteiger charge is 2.11. The Kier molecular flexibility index (Phi) is 6.56. The Morgan fingerprint density at radius 2 is 2.22 bits per heavy atom. The molecule has 0 bridgehead atoms. The first kappa shape index (κ1) is 17.0. The SMILES string of the molecule is COCCCNC(=O)CCc1nc(-c2cccc(OC)c2)no1. The molecule has 124 valence electrons. The summed E-state index contributed by atoms with van der Waals surface area (Å²) >= 11 is 0. The summed E-state index contributed by atoms with van der Waals surface area (Å²) in [6.07, 6.45) is 1.52. The molecule has 0 aliphatic carbocycles. The minimum absolute atomic E-state index is 0.0396. The number of carbonyl (C=O) groups is 1. The Labute approximate surface area is 135 Å². The van der Waals surface area contributed by atoms with Gasteiger partial charge in [0.1, 0.15) is 5.75 Å². The Hall–Kier alpha value is -2.41. The number of benzene rings is 1. The molecule has 1 amide bonds. The van der Waals surface area contributed by atoms with Gasteiger partial charge in [-0.05, 0) is 18.6 Å². The third-order valence-electron chi connectivity index (χ3n) is 3.21. The van der Waals surface area contributed by atoms with Crippen molar-refractivity contribution in [2.45, 2.75) is 19.3 Å². The number of nitrogens with one attached hydrogen (secondary N) is 1. The van der Waals surface area contributed by atoms with E-state index in [0.29, 0.717) is 37.7 Å². The van der Waals surface area contributed by atoms with E-state index in [9.17, 15) is 4.79 Å². The van der Waals surface area contributed by atoms with Gasteiger partial charge in [0.25, 0.3) is 0 Å². The zero-order chi connectivity index (χ0) is 16.5. The quantitative estimate of drug-likeness (QED) is 0.710. The minimum atomic E-state index is -0.0396. The van der Waals surface area contributed by atoms with Gasteiger partial charge in [-0.2, -0.15) is 4.98 Å². The summed E-state index contributed by atoms with van der Waals surface area (Å²) in [6.45, 7) is 1.24. The van der Waals surface area contributed by atoms with Gasteiger partial charge < -0.3 is 19.3 Å². The van der Waals surface area contributed by atoms with Crippen LogP contribution in [0.4, 0.5) is 0 Å². The van der Waals surface area contributed by atoms with Crippen LogP contribution in [0.5, 0.6) is 5.75 Å². The fraction of sp³-hybridized carbons (Fsp3) is 0.438. The van der Waals surface area contributed by atoms with Crippen LogP contribution in [0.2, 0.25) is 0 Å². The lowest BCUT2D eigenvalue weighted by Gasteiger charge is -2.03. The van der Waals surface area contributed by atoms with E-state index in [1.165, 1.54) is 0 Å². The number of hydrogen-bond acceptors (Lipinski definition) is 6. The first-order valence-electron chi connectivity index (χ1n) is 7.45. The molecule has 7 nitrogen and oxygen atoms in total. The van der Waals surface area contributed by atoms with Gasteiger partial charge in [-0.25, -0.2) is 0 Å². The van der Waals surface area contributed by atoms with E-state index in [1.807, 2.05) is 24.3 Å². The molecular formula is C16H21N3O4. The molecule has 0 fully saturated rings. The summed E-state index contributed by atoms with van der Waals surface area (Å²) < 4.78 is 15.3. The molecule has 0 unspecified atom stereocenters. The van der Waals surface area contributed by atoms with Gasteiger partial charge in [0, 0.05) is 38.7 Å². The molecule has 0 radical (unpaired) electrons. The molecule has 7 heteroatoms. The van der Waals surface area contributed by atoms with Crippen molar-refractivity contribution in [3.63, 3.8) is 0 Å². The van der Waals surface area contributed by atoms with E-state index in [2.05, 4.69) is 15.5 Å². The Balaban J connectivity index is 1.83. The summed E-state index contributed by atoms with van der Waals surface area (Å²) in [5, 5.41) is 6.75. The van der Waals surface area contributed by atoms with Crippen LogP contribution < -0.4 is 10.1 Å². The number of nitrogens with zero attached hydrogens (tertiary/aromatic N) is 2. The van der Waals surface area contributed by atoms with Crippen molar-refractivity contribution in [2.24, 2.45) is 0 Å². The monoisotopic (exact) mass is 319 g/mol. The number of amides is 1. The second-order valence-corrected chi connectivity index (χ2v) is 4.94. The largest absolute Gasteiger partial charge is 0.497 e. The first-order valence-corrected chi connectivity index (χ1v) is 7.45. The first-order chi connectivity index (χ1) is 11.2. The van der Waals surface area contributed by atoms with Crippen LogP contribution in [-0.2, 0) is 16.0 Å². The molecule has 23 heavy (non-hydrogen) atoms. The van der Waals surface area contributed by atoms with Gasteiger partial charge >= 0.3 is 0 Å². The molecule has 1 N–H and O–H groups in total. The van der Waals surface area contributed by atoms with Gasteiger partial charge in [-0.1, -0.05) is 17.3 Å². The van der Waals surface area contributed by atoms with E-state index in [0.717, 1.165) is 17.7 Å². The molecule has 0 aliphatic heterocycles. The highest BCUT2D eigenvalue weighted by Crippen LogP contribution is 2.21. The van der Waals surface area contributed by atoms with Crippen molar-refractivity contribution < 1.29 is 18.8 Å². The smallest absolute Gasteiger partial charge is 0.227 e. The number of ether oxygens (including phenoxy) is 2. The number of hydrogen-bond donors (Lipinski definition) is 1. The number of methoxy groups -OCH3 is 2. The maximum atomic E-state index is 11.7. The molecule has 0 saturated heterocycles. The maximum Gasteiger partial charge on any atom is 0.227 e. The Morgan fingerprint density at radius 1 is 1.35 bits per heavy atom. The molecule has 1 aromatic heterocycles. The third-order valence-corrected chi connectivity index (χ3v) is 3.21. The van der Waals surface area contributed by atoms with Crippen molar-refractivity contribution in [1.29, 1.82) is 0 Å². The summed E-state index contributed by atoms with van der Waals surface area (Å²) in [5.74, 6) is 1.61. The zero-order valence-electron chi connectivity index (χ0n) is 13.4. The average Bonchev–Trinajstić information content (AvgIpc) is 3.06. The highest BCUT2D eigenvalue weighted by atomic mass is 16.5. The normalized spacial score (nSPS) is 10.5. The standard InChI is InChI=1S/C16H21N3O4/c1-21-10-4-9-17-14(20)7-8-15-18-16(19-23-15)12-5-3-6-13(11-12)22-2/h3,5-6,11H,4,7-10H2,1-2H3,(H,17,20). The summed E-state index contributed by atoms with van der Waals surface area (Å²) in [6, 6.07) is 7.41. The molecule has 2 aromatic rings. The average molecular weight is 319 g/mol. The van der Waals surface area contributed by atoms with E-state index in [1.54, 1.807) is 14.2 Å². The zero-order valence-corrected chi connectivity index (χ0v) is 13.4.